The second-order valence-corrected chi connectivity index (χ2v) is 7.07. The highest BCUT2D eigenvalue weighted by Gasteiger charge is 2.21. The topological polar surface area (TPSA) is 108 Å². The van der Waals surface area contributed by atoms with E-state index < -0.39 is 10.8 Å². The molecular formula is C23H19N3O5. The summed E-state index contributed by atoms with van der Waals surface area (Å²) in [7, 11) is 1.47. The molecule has 0 radical (unpaired) electrons. The first-order valence-corrected chi connectivity index (χ1v) is 9.48. The minimum absolute atomic E-state index is 0.0484. The van der Waals surface area contributed by atoms with Gasteiger partial charge in [-0.1, -0.05) is 12.1 Å². The second-order valence-electron chi connectivity index (χ2n) is 7.07. The van der Waals surface area contributed by atoms with E-state index >= 15 is 0 Å². The largest absolute Gasteiger partial charge is 0.495 e. The maximum Gasteiger partial charge on any atom is 0.282 e. The van der Waals surface area contributed by atoms with Crippen LogP contribution in [-0.4, -0.2) is 22.9 Å². The van der Waals surface area contributed by atoms with Crippen LogP contribution in [-0.2, 0) is 0 Å². The Kier molecular flexibility index (Phi) is 5.12. The number of carbonyl (C=O) groups is 1. The van der Waals surface area contributed by atoms with E-state index in [0.29, 0.717) is 28.5 Å². The monoisotopic (exact) mass is 417 g/mol. The third-order valence-corrected chi connectivity index (χ3v) is 5.04. The summed E-state index contributed by atoms with van der Waals surface area (Å²) in [5, 5.41) is 14.0. The van der Waals surface area contributed by atoms with Gasteiger partial charge in [0.1, 0.15) is 16.8 Å². The number of hydrogen-bond donors (Lipinski definition) is 1. The van der Waals surface area contributed by atoms with Crippen LogP contribution in [0, 0.1) is 24.0 Å². The van der Waals surface area contributed by atoms with Crippen LogP contribution in [0.4, 0.5) is 11.4 Å². The van der Waals surface area contributed by atoms with Gasteiger partial charge in [-0.05, 0) is 61.4 Å². The maximum atomic E-state index is 12.8. The smallest absolute Gasteiger partial charge is 0.282 e. The lowest BCUT2D eigenvalue weighted by Crippen LogP contribution is -2.14. The molecule has 0 unspecified atom stereocenters. The molecule has 1 amide bonds. The van der Waals surface area contributed by atoms with Crippen LogP contribution < -0.4 is 10.1 Å². The molecule has 31 heavy (non-hydrogen) atoms. The Bertz CT molecular complexity index is 1290. The fraction of sp³-hybridized carbons (Fsp3) is 0.130. The summed E-state index contributed by atoms with van der Waals surface area (Å²) in [6.45, 7) is 4.01. The summed E-state index contributed by atoms with van der Waals surface area (Å²) in [5.74, 6) is 0.175. The molecule has 0 aliphatic heterocycles. The fourth-order valence-corrected chi connectivity index (χ4v) is 3.26. The van der Waals surface area contributed by atoms with Gasteiger partial charge in [0.15, 0.2) is 5.58 Å². The Labute approximate surface area is 177 Å². The van der Waals surface area contributed by atoms with E-state index in [-0.39, 0.29) is 11.3 Å². The number of amides is 1. The van der Waals surface area contributed by atoms with Crippen molar-refractivity contribution in [1.82, 2.24) is 4.98 Å². The highest BCUT2D eigenvalue weighted by molar-refractivity contribution is 6.08. The lowest BCUT2D eigenvalue weighted by atomic mass is 10.1. The van der Waals surface area contributed by atoms with E-state index in [2.05, 4.69) is 10.3 Å². The number of hydrogen-bond acceptors (Lipinski definition) is 6. The van der Waals surface area contributed by atoms with Crippen LogP contribution in [0.5, 0.6) is 5.75 Å². The number of methoxy groups -OCH3 is 1. The Morgan fingerprint density at radius 1 is 1.10 bits per heavy atom. The highest BCUT2D eigenvalue weighted by Crippen LogP contribution is 2.33. The molecule has 4 aromatic rings. The zero-order chi connectivity index (χ0) is 22.1. The van der Waals surface area contributed by atoms with Gasteiger partial charge in [0, 0.05) is 11.6 Å². The normalized spacial score (nSPS) is 10.8. The Balaban J connectivity index is 1.72. The summed E-state index contributed by atoms with van der Waals surface area (Å²) < 4.78 is 11.2. The predicted molar refractivity (Wildman–Crippen MR) is 117 cm³/mol. The summed E-state index contributed by atoms with van der Waals surface area (Å²) in [4.78, 5) is 28.0. The van der Waals surface area contributed by atoms with Crippen molar-refractivity contribution in [2.45, 2.75) is 13.8 Å². The molecule has 0 aliphatic carbocycles. The Morgan fingerprint density at radius 3 is 2.58 bits per heavy atom. The molecule has 0 atom stereocenters. The van der Waals surface area contributed by atoms with E-state index in [9.17, 15) is 14.9 Å². The van der Waals surface area contributed by atoms with Crippen molar-refractivity contribution < 1.29 is 18.9 Å². The maximum absolute atomic E-state index is 12.8. The van der Waals surface area contributed by atoms with Gasteiger partial charge in [-0.15, -0.1) is 0 Å². The zero-order valence-corrected chi connectivity index (χ0v) is 17.1. The lowest BCUT2D eigenvalue weighted by molar-refractivity contribution is -0.385. The second kappa shape index (κ2) is 7.91. The third-order valence-electron chi connectivity index (χ3n) is 5.04. The van der Waals surface area contributed by atoms with Crippen molar-refractivity contribution in [2.24, 2.45) is 0 Å². The number of nitro groups is 1. The van der Waals surface area contributed by atoms with Crippen LogP contribution in [0.25, 0.3) is 22.6 Å². The van der Waals surface area contributed by atoms with Crippen molar-refractivity contribution in [2.75, 3.05) is 12.4 Å². The molecule has 0 fully saturated rings. The number of para-hydroxylation sites is 1. The van der Waals surface area contributed by atoms with Gasteiger partial charge in [0.05, 0.1) is 17.7 Å². The number of fused-ring (bicyclic) bond motifs is 1. The van der Waals surface area contributed by atoms with Gasteiger partial charge in [-0.2, -0.15) is 0 Å². The van der Waals surface area contributed by atoms with Crippen LogP contribution >= 0.6 is 0 Å². The van der Waals surface area contributed by atoms with Crippen LogP contribution in [0.3, 0.4) is 0 Å². The Morgan fingerprint density at radius 2 is 1.84 bits per heavy atom. The number of ether oxygens (including phenoxy) is 1. The number of oxazole rings is 1. The van der Waals surface area contributed by atoms with Crippen LogP contribution in [0.15, 0.2) is 59.0 Å². The number of carbonyl (C=O) groups excluding carboxylic acids is 1. The van der Waals surface area contributed by atoms with Crippen molar-refractivity contribution in [1.29, 1.82) is 0 Å². The molecule has 0 bridgehead atoms. The lowest BCUT2D eigenvalue weighted by Gasteiger charge is -2.11. The van der Waals surface area contributed by atoms with E-state index in [1.807, 2.05) is 26.0 Å². The van der Waals surface area contributed by atoms with E-state index in [1.165, 1.54) is 25.3 Å². The van der Waals surface area contributed by atoms with Gasteiger partial charge >= 0.3 is 0 Å². The summed E-state index contributed by atoms with van der Waals surface area (Å²) >= 11 is 0. The van der Waals surface area contributed by atoms with Gasteiger partial charge in [-0.25, -0.2) is 4.98 Å². The first-order chi connectivity index (χ1) is 14.9. The number of benzene rings is 3. The van der Waals surface area contributed by atoms with Crippen molar-refractivity contribution >= 4 is 28.4 Å². The first kappa shape index (κ1) is 20.1. The summed E-state index contributed by atoms with van der Waals surface area (Å²) in [6, 6.07) is 14.8. The number of nitrogens with zero attached hydrogens (tertiary/aromatic N) is 2. The van der Waals surface area contributed by atoms with E-state index in [4.69, 9.17) is 9.15 Å². The number of aryl methyl sites for hydroxylation is 2. The molecule has 0 spiro atoms. The quantitative estimate of drug-likeness (QED) is 0.350. The molecule has 1 N–H and O–H groups in total. The van der Waals surface area contributed by atoms with Crippen LogP contribution in [0.2, 0.25) is 0 Å². The predicted octanol–water partition coefficient (Wildman–Crippen LogP) is 5.28. The standard InChI is InChI=1S/C23H19N3O5/c1-13-10-17-21(11-14(13)2)31-23(25-17)15-8-9-20(30-3)18(12-15)24-22(27)16-6-4-5-7-19(16)26(28)29/h4-12H,1-3H3,(H,24,27). The highest BCUT2D eigenvalue weighted by atomic mass is 16.6. The van der Waals surface area contributed by atoms with Gasteiger partial charge in [-0.3, -0.25) is 14.9 Å². The Hall–Kier alpha value is -4.20. The van der Waals surface area contributed by atoms with Gasteiger partial charge in [0.25, 0.3) is 11.6 Å². The minimum atomic E-state index is -0.619. The average molecular weight is 417 g/mol. The molecule has 1 heterocycles. The molecule has 156 valence electrons. The van der Waals surface area contributed by atoms with E-state index in [1.54, 1.807) is 24.3 Å². The first-order valence-electron chi connectivity index (χ1n) is 9.48. The molecule has 0 saturated heterocycles. The molecule has 1 aromatic heterocycles. The minimum Gasteiger partial charge on any atom is -0.495 e. The average Bonchev–Trinajstić information content (AvgIpc) is 3.16. The number of nitro benzene ring substituents is 1. The zero-order valence-electron chi connectivity index (χ0n) is 17.1. The van der Waals surface area contributed by atoms with Crippen molar-refractivity contribution in [3.63, 3.8) is 0 Å². The molecule has 8 nitrogen and oxygen atoms in total. The molecule has 4 rings (SSSR count). The number of nitrogens with one attached hydrogen (secondary N) is 1. The van der Waals surface area contributed by atoms with Crippen molar-refractivity contribution in [3.8, 4) is 17.2 Å². The van der Waals surface area contributed by atoms with Crippen molar-refractivity contribution in [3.05, 3.63) is 81.4 Å². The SMILES string of the molecule is COc1ccc(-c2nc3cc(C)c(C)cc3o2)cc1NC(=O)c1ccccc1[N+](=O)[O-]. The molecule has 8 heteroatoms. The fourth-order valence-electron chi connectivity index (χ4n) is 3.26. The van der Waals surface area contributed by atoms with E-state index in [0.717, 1.165) is 16.6 Å². The number of aromatic nitrogens is 1. The number of anilines is 1. The summed E-state index contributed by atoms with van der Waals surface area (Å²) in [6.07, 6.45) is 0. The molecule has 0 aliphatic rings. The third kappa shape index (κ3) is 3.83. The van der Waals surface area contributed by atoms with Crippen LogP contribution in [0.1, 0.15) is 21.5 Å². The van der Waals surface area contributed by atoms with Gasteiger partial charge in [0.2, 0.25) is 5.89 Å². The van der Waals surface area contributed by atoms with Gasteiger partial charge < -0.3 is 14.5 Å². The molecular weight excluding hydrogens is 398 g/mol. The molecule has 0 saturated carbocycles. The summed E-state index contributed by atoms with van der Waals surface area (Å²) in [5.41, 5.74) is 4.26. The molecule has 3 aromatic carbocycles. The number of rotatable bonds is 5.